The summed E-state index contributed by atoms with van der Waals surface area (Å²) in [4.78, 5) is 4.20. The molecule has 0 bridgehead atoms. The molecule has 1 unspecified atom stereocenters. The van der Waals surface area contributed by atoms with Gasteiger partial charge in [0.2, 0.25) is 0 Å². The summed E-state index contributed by atoms with van der Waals surface area (Å²) in [6.07, 6.45) is 1.69. The Morgan fingerprint density at radius 3 is 2.48 bits per heavy atom. The van der Waals surface area contributed by atoms with Gasteiger partial charge in [-0.3, -0.25) is 4.98 Å². The number of pyridine rings is 1. The van der Waals surface area contributed by atoms with Crippen LogP contribution in [-0.4, -0.2) is 17.2 Å². The fraction of sp³-hybridized carbons (Fsp3) is 0.353. The molecule has 1 heterocycles. The summed E-state index contributed by atoms with van der Waals surface area (Å²) in [5, 5.41) is 13.2. The van der Waals surface area contributed by atoms with Crippen LogP contribution in [0.4, 0.5) is 0 Å². The first kappa shape index (κ1) is 15.3. The van der Waals surface area contributed by atoms with Crippen LogP contribution in [0.15, 0.2) is 42.6 Å². The Morgan fingerprint density at radius 2 is 1.90 bits per heavy atom. The van der Waals surface area contributed by atoms with Crippen LogP contribution < -0.4 is 10.1 Å². The maximum absolute atomic E-state index is 9.78. The van der Waals surface area contributed by atoms with Crippen LogP contribution in [0.3, 0.4) is 0 Å². The van der Waals surface area contributed by atoms with Gasteiger partial charge in [0.15, 0.2) is 0 Å². The number of nitrogens with zero attached hydrogens (tertiary/aromatic N) is 1. The Kier molecular flexibility index (Phi) is 5.17. The predicted octanol–water partition coefficient (Wildman–Crippen LogP) is 3.28. The third-order valence-corrected chi connectivity index (χ3v) is 3.50. The SMILES string of the molecule is COc1ccc(C(NCc2ncccc2O)C(C)C)cc1. The van der Waals surface area contributed by atoms with E-state index in [0.717, 1.165) is 5.75 Å². The lowest BCUT2D eigenvalue weighted by Crippen LogP contribution is -2.25. The van der Waals surface area contributed by atoms with Crippen molar-refractivity contribution < 1.29 is 9.84 Å². The fourth-order valence-corrected chi connectivity index (χ4v) is 2.32. The molecule has 0 aliphatic rings. The van der Waals surface area contributed by atoms with Crippen LogP contribution in [0.1, 0.15) is 31.1 Å². The molecule has 1 aromatic heterocycles. The van der Waals surface area contributed by atoms with E-state index in [2.05, 4.69) is 36.3 Å². The zero-order chi connectivity index (χ0) is 15.2. The van der Waals surface area contributed by atoms with Crippen LogP contribution in [0, 0.1) is 5.92 Å². The summed E-state index contributed by atoms with van der Waals surface area (Å²) in [6.45, 7) is 4.86. The molecule has 1 aromatic carbocycles. The molecule has 4 heteroatoms. The summed E-state index contributed by atoms with van der Waals surface area (Å²) in [7, 11) is 1.66. The second-order valence-electron chi connectivity index (χ2n) is 5.34. The van der Waals surface area contributed by atoms with E-state index in [1.165, 1.54) is 5.56 Å². The molecule has 1 atom stereocenters. The van der Waals surface area contributed by atoms with E-state index in [4.69, 9.17) is 4.74 Å². The lowest BCUT2D eigenvalue weighted by Gasteiger charge is -2.23. The molecular weight excluding hydrogens is 264 g/mol. The summed E-state index contributed by atoms with van der Waals surface area (Å²) in [5.41, 5.74) is 1.86. The highest BCUT2D eigenvalue weighted by Gasteiger charge is 2.16. The maximum atomic E-state index is 9.78. The monoisotopic (exact) mass is 286 g/mol. The van der Waals surface area contributed by atoms with Crippen LogP contribution >= 0.6 is 0 Å². The number of benzene rings is 1. The maximum Gasteiger partial charge on any atom is 0.138 e. The van der Waals surface area contributed by atoms with Crippen molar-refractivity contribution in [2.24, 2.45) is 5.92 Å². The normalized spacial score (nSPS) is 12.4. The first-order valence-electron chi connectivity index (χ1n) is 7.12. The highest BCUT2D eigenvalue weighted by molar-refractivity contribution is 5.30. The first-order valence-corrected chi connectivity index (χ1v) is 7.12. The molecule has 0 saturated carbocycles. The molecule has 0 radical (unpaired) electrons. The summed E-state index contributed by atoms with van der Waals surface area (Å²) in [5.74, 6) is 1.50. The van der Waals surface area contributed by atoms with E-state index in [-0.39, 0.29) is 11.8 Å². The Morgan fingerprint density at radius 1 is 1.19 bits per heavy atom. The van der Waals surface area contributed by atoms with Crippen LogP contribution in [0.5, 0.6) is 11.5 Å². The Hall–Kier alpha value is -2.07. The number of nitrogens with one attached hydrogen (secondary N) is 1. The molecule has 2 N–H and O–H groups in total. The smallest absolute Gasteiger partial charge is 0.138 e. The van der Waals surface area contributed by atoms with E-state index in [1.54, 1.807) is 25.4 Å². The van der Waals surface area contributed by atoms with Gasteiger partial charge in [0.1, 0.15) is 11.5 Å². The number of hydrogen-bond donors (Lipinski definition) is 2. The summed E-state index contributed by atoms with van der Waals surface area (Å²) < 4.78 is 5.19. The highest BCUT2D eigenvalue weighted by Crippen LogP contribution is 2.25. The standard InChI is InChI=1S/C17H22N2O2/c1-12(2)17(13-6-8-14(21-3)9-7-13)19-11-15-16(20)5-4-10-18-15/h4-10,12,17,19-20H,11H2,1-3H3. The topological polar surface area (TPSA) is 54.4 Å². The van der Waals surface area contributed by atoms with Crippen LogP contribution in [-0.2, 0) is 6.54 Å². The molecule has 0 spiro atoms. The number of ether oxygens (including phenoxy) is 1. The van der Waals surface area contributed by atoms with Crippen molar-refractivity contribution in [3.05, 3.63) is 53.9 Å². The molecule has 0 aliphatic carbocycles. The van der Waals surface area contributed by atoms with E-state index in [1.807, 2.05) is 12.1 Å². The Bertz CT molecular complexity index is 567. The molecule has 21 heavy (non-hydrogen) atoms. The average Bonchev–Trinajstić information content (AvgIpc) is 2.49. The van der Waals surface area contributed by atoms with E-state index >= 15 is 0 Å². The first-order chi connectivity index (χ1) is 10.1. The average molecular weight is 286 g/mol. The van der Waals surface area contributed by atoms with Crippen molar-refractivity contribution in [3.8, 4) is 11.5 Å². The number of aromatic hydroxyl groups is 1. The Balaban J connectivity index is 2.10. The predicted molar refractivity (Wildman–Crippen MR) is 83.3 cm³/mol. The largest absolute Gasteiger partial charge is 0.506 e. The minimum atomic E-state index is 0.192. The fourth-order valence-electron chi connectivity index (χ4n) is 2.32. The van der Waals surface area contributed by atoms with Gasteiger partial charge in [0, 0.05) is 18.8 Å². The second kappa shape index (κ2) is 7.09. The lowest BCUT2D eigenvalue weighted by molar-refractivity contribution is 0.396. The van der Waals surface area contributed by atoms with Gasteiger partial charge in [-0.2, -0.15) is 0 Å². The highest BCUT2D eigenvalue weighted by atomic mass is 16.5. The molecule has 0 aliphatic heterocycles. The minimum Gasteiger partial charge on any atom is -0.506 e. The number of hydrogen-bond acceptors (Lipinski definition) is 4. The van der Waals surface area contributed by atoms with Gasteiger partial charge in [-0.1, -0.05) is 26.0 Å². The molecule has 2 aromatic rings. The van der Waals surface area contributed by atoms with Crippen molar-refractivity contribution in [2.75, 3.05) is 7.11 Å². The zero-order valence-electron chi connectivity index (χ0n) is 12.7. The molecule has 2 rings (SSSR count). The van der Waals surface area contributed by atoms with E-state index in [0.29, 0.717) is 18.2 Å². The van der Waals surface area contributed by atoms with Gasteiger partial charge in [-0.25, -0.2) is 0 Å². The number of methoxy groups -OCH3 is 1. The summed E-state index contributed by atoms with van der Waals surface area (Å²) in [6, 6.07) is 11.6. The van der Waals surface area contributed by atoms with Crippen molar-refractivity contribution >= 4 is 0 Å². The van der Waals surface area contributed by atoms with E-state index < -0.39 is 0 Å². The third-order valence-electron chi connectivity index (χ3n) is 3.50. The zero-order valence-corrected chi connectivity index (χ0v) is 12.7. The Labute approximate surface area is 125 Å². The van der Waals surface area contributed by atoms with Crippen molar-refractivity contribution in [1.29, 1.82) is 0 Å². The van der Waals surface area contributed by atoms with Gasteiger partial charge in [-0.05, 0) is 35.7 Å². The van der Waals surface area contributed by atoms with Crippen molar-refractivity contribution in [2.45, 2.75) is 26.4 Å². The van der Waals surface area contributed by atoms with Crippen LogP contribution in [0.2, 0.25) is 0 Å². The van der Waals surface area contributed by atoms with Gasteiger partial charge >= 0.3 is 0 Å². The molecule has 0 fully saturated rings. The van der Waals surface area contributed by atoms with Crippen molar-refractivity contribution in [3.63, 3.8) is 0 Å². The van der Waals surface area contributed by atoms with Gasteiger partial charge in [0.05, 0.1) is 12.8 Å². The lowest BCUT2D eigenvalue weighted by atomic mass is 9.96. The van der Waals surface area contributed by atoms with E-state index in [9.17, 15) is 5.11 Å². The number of aromatic nitrogens is 1. The van der Waals surface area contributed by atoms with Crippen molar-refractivity contribution in [1.82, 2.24) is 10.3 Å². The second-order valence-corrected chi connectivity index (χ2v) is 5.34. The van der Waals surface area contributed by atoms with Gasteiger partial charge in [0.25, 0.3) is 0 Å². The number of rotatable bonds is 6. The minimum absolute atomic E-state index is 0.192. The van der Waals surface area contributed by atoms with Gasteiger partial charge in [-0.15, -0.1) is 0 Å². The molecule has 4 nitrogen and oxygen atoms in total. The van der Waals surface area contributed by atoms with Crippen LogP contribution in [0.25, 0.3) is 0 Å². The summed E-state index contributed by atoms with van der Waals surface area (Å²) >= 11 is 0. The molecule has 112 valence electrons. The molecule has 0 saturated heterocycles. The quantitative estimate of drug-likeness (QED) is 0.855. The molecular formula is C17H22N2O2. The third kappa shape index (κ3) is 3.95. The molecule has 0 amide bonds. The van der Waals surface area contributed by atoms with Gasteiger partial charge < -0.3 is 15.2 Å².